The van der Waals surface area contributed by atoms with Gasteiger partial charge < -0.3 is 9.47 Å². The largest absolute Gasteiger partial charge is 0.462 e. The molecule has 0 saturated carbocycles. The topological polar surface area (TPSA) is 52.6 Å². The third-order valence-corrected chi connectivity index (χ3v) is 3.12. The summed E-state index contributed by atoms with van der Waals surface area (Å²) in [5, 5.41) is 0. The van der Waals surface area contributed by atoms with E-state index in [1.165, 1.54) is 5.56 Å². The second-order valence-corrected chi connectivity index (χ2v) is 5.58. The zero-order valence-electron chi connectivity index (χ0n) is 13.6. The van der Waals surface area contributed by atoms with Crippen LogP contribution in [-0.4, -0.2) is 18.5 Å². The van der Waals surface area contributed by atoms with Gasteiger partial charge in [0.2, 0.25) is 0 Å². The average molecular weight is 304 g/mol. The van der Waals surface area contributed by atoms with Crippen LogP contribution in [0.2, 0.25) is 0 Å². The number of benzene rings is 1. The van der Waals surface area contributed by atoms with Crippen molar-refractivity contribution in [3.8, 4) is 0 Å². The molecule has 0 aliphatic rings. The van der Waals surface area contributed by atoms with Crippen LogP contribution in [0.3, 0.4) is 0 Å². The monoisotopic (exact) mass is 304 g/mol. The molecule has 4 heteroatoms. The number of carbonyl (C=O) groups is 2. The van der Waals surface area contributed by atoms with Crippen LogP contribution in [0, 0.1) is 0 Å². The Morgan fingerprint density at radius 2 is 1.95 bits per heavy atom. The number of esters is 2. The molecule has 0 radical (unpaired) electrons. The van der Waals surface area contributed by atoms with Crippen LogP contribution in [0.15, 0.2) is 36.4 Å². The Morgan fingerprint density at radius 3 is 2.59 bits per heavy atom. The van der Waals surface area contributed by atoms with Gasteiger partial charge in [0.25, 0.3) is 0 Å². The highest BCUT2D eigenvalue weighted by atomic mass is 16.5. The van der Waals surface area contributed by atoms with Crippen molar-refractivity contribution in [1.82, 2.24) is 0 Å². The van der Waals surface area contributed by atoms with Gasteiger partial charge in [-0.3, -0.25) is 4.79 Å². The van der Waals surface area contributed by atoms with Gasteiger partial charge in [0.05, 0.1) is 6.61 Å². The van der Waals surface area contributed by atoms with Crippen molar-refractivity contribution in [2.45, 2.75) is 46.1 Å². The number of hydrogen-bond acceptors (Lipinski definition) is 4. The first-order valence-electron chi connectivity index (χ1n) is 7.47. The van der Waals surface area contributed by atoms with Crippen LogP contribution in [-0.2, 0) is 25.7 Å². The van der Waals surface area contributed by atoms with E-state index in [1.807, 2.05) is 18.2 Å². The Bertz CT molecular complexity index is 532. The Morgan fingerprint density at radius 1 is 1.23 bits per heavy atom. The highest BCUT2D eigenvalue weighted by molar-refractivity contribution is 5.86. The SMILES string of the molecule is C=C(C)C(=O)OCCCC(=O)OCc1cccc(C(C)C)c1. The molecule has 0 amide bonds. The average Bonchev–Trinajstić information content (AvgIpc) is 2.49. The summed E-state index contributed by atoms with van der Waals surface area (Å²) in [6.45, 7) is 9.78. The van der Waals surface area contributed by atoms with Crippen LogP contribution >= 0.6 is 0 Å². The second-order valence-electron chi connectivity index (χ2n) is 5.58. The predicted octanol–water partition coefficient (Wildman–Crippen LogP) is 3.75. The fourth-order valence-electron chi connectivity index (χ4n) is 1.78. The summed E-state index contributed by atoms with van der Waals surface area (Å²) in [7, 11) is 0. The summed E-state index contributed by atoms with van der Waals surface area (Å²) < 4.78 is 10.1. The van der Waals surface area contributed by atoms with E-state index in [0.717, 1.165) is 5.56 Å². The van der Waals surface area contributed by atoms with Gasteiger partial charge in [-0.05, 0) is 30.4 Å². The van der Waals surface area contributed by atoms with Crippen molar-refractivity contribution >= 4 is 11.9 Å². The third-order valence-electron chi connectivity index (χ3n) is 3.12. The van der Waals surface area contributed by atoms with Crippen LogP contribution in [0.25, 0.3) is 0 Å². The van der Waals surface area contributed by atoms with Gasteiger partial charge in [-0.25, -0.2) is 4.79 Å². The molecule has 1 aromatic rings. The predicted molar refractivity (Wildman–Crippen MR) is 85.3 cm³/mol. The number of hydrogen-bond donors (Lipinski definition) is 0. The molecule has 0 saturated heterocycles. The van der Waals surface area contributed by atoms with E-state index >= 15 is 0 Å². The molecule has 4 nitrogen and oxygen atoms in total. The molecule has 1 rings (SSSR count). The summed E-state index contributed by atoms with van der Waals surface area (Å²) in [4.78, 5) is 22.8. The molecule has 0 aliphatic carbocycles. The maximum Gasteiger partial charge on any atom is 0.333 e. The fourth-order valence-corrected chi connectivity index (χ4v) is 1.78. The van der Waals surface area contributed by atoms with E-state index in [1.54, 1.807) is 6.92 Å². The molecule has 22 heavy (non-hydrogen) atoms. The van der Waals surface area contributed by atoms with E-state index < -0.39 is 5.97 Å². The van der Waals surface area contributed by atoms with Crippen molar-refractivity contribution in [3.63, 3.8) is 0 Å². The van der Waals surface area contributed by atoms with E-state index in [-0.39, 0.29) is 25.6 Å². The summed E-state index contributed by atoms with van der Waals surface area (Å²) in [5.41, 5.74) is 2.56. The van der Waals surface area contributed by atoms with Crippen molar-refractivity contribution in [3.05, 3.63) is 47.5 Å². The minimum Gasteiger partial charge on any atom is -0.462 e. The molecule has 0 fully saturated rings. The van der Waals surface area contributed by atoms with Gasteiger partial charge in [0.1, 0.15) is 6.61 Å². The summed E-state index contributed by atoms with van der Waals surface area (Å²) in [6.07, 6.45) is 0.678. The zero-order valence-corrected chi connectivity index (χ0v) is 13.6. The number of carbonyl (C=O) groups excluding carboxylic acids is 2. The van der Waals surface area contributed by atoms with Crippen molar-refractivity contribution in [2.75, 3.05) is 6.61 Å². The van der Waals surface area contributed by atoms with Crippen LogP contribution in [0.4, 0.5) is 0 Å². The van der Waals surface area contributed by atoms with Gasteiger partial charge in [0.15, 0.2) is 0 Å². The maximum absolute atomic E-state index is 11.6. The van der Waals surface area contributed by atoms with E-state index in [9.17, 15) is 9.59 Å². The highest BCUT2D eigenvalue weighted by Gasteiger charge is 2.07. The molecule has 0 unspecified atom stereocenters. The van der Waals surface area contributed by atoms with Crippen molar-refractivity contribution in [1.29, 1.82) is 0 Å². The number of rotatable bonds is 8. The standard InChI is InChI=1S/C18H24O4/c1-13(2)16-8-5-7-15(11-16)12-22-17(19)9-6-10-21-18(20)14(3)4/h5,7-8,11,13H,3,6,9-10,12H2,1-2,4H3. The molecule has 1 aromatic carbocycles. The Kier molecular flexibility index (Phi) is 7.37. The summed E-state index contributed by atoms with van der Waals surface area (Å²) in [5.74, 6) is -0.279. The maximum atomic E-state index is 11.6. The normalized spacial score (nSPS) is 10.4. The Labute approximate surface area is 132 Å². The van der Waals surface area contributed by atoms with Gasteiger partial charge in [-0.1, -0.05) is 44.7 Å². The minimum atomic E-state index is -0.432. The second kappa shape index (κ2) is 9.03. The quantitative estimate of drug-likeness (QED) is 0.417. The lowest BCUT2D eigenvalue weighted by Crippen LogP contribution is -2.09. The molecule has 0 bridgehead atoms. The van der Waals surface area contributed by atoms with Gasteiger partial charge in [-0.15, -0.1) is 0 Å². The van der Waals surface area contributed by atoms with Crippen LogP contribution < -0.4 is 0 Å². The Hall–Kier alpha value is -2.10. The smallest absolute Gasteiger partial charge is 0.333 e. The molecule has 0 spiro atoms. The van der Waals surface area contributed by atoms with Gasteiger partial charge in [-0.2, -0.15) is 0 Å². The first kappa shape index (κ1) is 18.0. The van der Waals surface area contributed by atoms with Crippen LogP contribution in [0.5, 0.6) is 0 Å². The van der Waals surface area contributed by atoms with E-state index in [4.69, 9.17) is 9.47 Å². The molecule has 0 aliphatic heterocycles. The number of ether oxygens (including phenoxy) is 2. The van der Waals surface area contributed by atoms with Gasteiger partial charge in [0, 0.05) is 12.0 Å². The molecule has 0 N–H and O–H groups in total. The highest BCUT2D eigenvalue weighted by Crippen LogP contribution is 2.16. The summed E-state index contributed by atoms with van der Waals surface area (Å²) >= 11 is 0. The zero-order chi connectivity index (χ0) is 16.5. The lowest BCUT2D eigenvalue weighted by Gasteiger charge is -2.09. The van der Waals surface area contributed by atoms with E-state index in [0.29, 0.717) is 17.9 Å². The molecule has 0 atom stereocenters. The van der Waals surface area contributed by atoms with Gasteiger partial charge >= 0.3 is 11.9 Å². The first-order valence-corrected chi connectivity index (χ1v) is 7.47. The molecule has 0 aromatic heterocycles. The molecule has 120 valence electrons. The lowest BCUT2D eigenvalue weighted by molar-refractivity contribution is -0.147. The Balaban J connectivity index is 2.27. The first-order chi connectivity index (χ1) is 10.4. The third kappa shape index (κ3) is 6.57. The fraction of sp³-hybridized carbons (Fsp3) is 0.444. The summed E-state index contributed by atoms with van der Waals surface area (Å²) in [6, 6.07) is 8.02. The molecule has 0 heterocycles. The molecular formula is C18H24O4. The lowest BCUT2D eigenvalue weighted by atomic mass is 10.0. The van der Waals surface area contributed by atoms with Crippen LogP contribution in [0.1, 0.15) is 50.7 Å². The van der Waals surface area contributed by atoms with Crippen molar-refractivity contribution < 1.29 is 19.1 Å². The minimum absolute atomic E-state index is 0.198. The molecular weight excluding hydrogens is 280 g/mol. The van der Waals surface area contributed by atoms with E-state index in [2.05, 4.69) is 26.5 Å². The van der Waals surface area contributed by atoms with Crippen molar-refractivity contribution in [2.24, 2.45) is 0 Å².